The lowest BCUT2D eigenvalue weighted by Gasteiger charge is -2.38. The molecule has 0 spiro atoms. The van der Waals surface area contributed by atoms with E-state index >= 15 is 0 Å². The third-order valence-corrected chi connectivity index (χ3v) is 6.83. The maximum atomic E-state index is 13.1. The number of anilines is 1. The van der Waals surface area contributed by atoms with E-state index in [9.17, 15) is 18.0 Å². The Kier molecular flexibility index (Phi) is 6.10. The highest BCUT2D eigenvalue weighted by molar-refractivity contribution is 6.31. The van der Waals surface area contributed by atoms with Crippen molar-refractivity contribution in [3.63, 3.8) is 0 Å². The summed E-state index contributed by atoms with van der Waals surface area (Å²) in [6, 6.07) is 20.5. The zero-order valence-corrected chi connectivity index (χ0v) is 19.0. The van der Waals surface area contributed by atoms with Crippen LogP contribution in [0.2, 0.25) is 5.02 Å². The van der Waals surface area contributed by atoms with Crippen molar-refractivity contribution in [1.29, 1.82) is 0 Å². The molecule has 176 valence electrons. The second kappa shape index (κ2) is 9.06. The molecule has 1 heterocycles. The van der Waals surface area contributed by atoms with Crippen molar-refractivity contribution in [1.82, 2.24) is 9.80 Å². The van der Waals surface area contributed by atoms with Gasteiger partial charge >= 0.3 is 6.18 Å². The smallest absolute Gasteiger partial charge is 0.325 e. The van der Waals surface area contributed by atoms with Crippen LogP contribution in [0.3, 0.4) is 0 Å². The molecular weight excluding hydrogens is 463 g/mol. The van der Waals surface area contributed by atoms with Gasteiger partial charge in [0.15, 0.2) is 0 Å². The summed E-state index contributed by atoms with van der Waals surface area (Å²) >= 11 is 5.66. The first-order valence-corrected chi connectivity index (χ1v) is 11.5. The molecule has 1 amide bonds. The number of alkyl halides is 3. The predicted molar refractivity (Wildman–Crippen MR) is 127 cm³/mol. The molecule has 0 radical (unpaired) electrons. The summed E-state index contributed by atoms with van der Waals surface area (Å²) in [6.45, 7) is 3.10. The van der Waals surface area contributed by atoms with Crippen LogP contribution in [-0.2, 0) is 11.0 Å². The van der Waals surface area contributed by atoms with Crippen LogP contribution >= 0.6 is 11.6 Å². The van der Waals surface area contributed by atoms with Gasteiger partial charge in [-0.1, -0.05) is 60.1 Å². The van der Waals surface area contributed by atoms with Crippen molar-refractivity contribution in [2.45, 2.75) is 12.2 Å². The Hall–Kier alpha value is -2.87. The highest BCUT2D eigenvalue weighted by atomic mass is 35.5. The van der Waals surface area contributed by atoms with E-state index in [1.165, 1.54) is 28.3 Å². The molecule has 0 aromatic heterocycles. The topological polar surface area (TPSA) is 35.6 Å². The summed E-state index contributed by atoms with van der Waals surface area (Å²) < 4.78 is 39.2. The fourth-order valence-electron chi connectivity index (χ4n) is 4.93. The number of amides is 1. The van der Waals surface area contributed by atoms with Crippen LogP contribution in [0.5, 0.6) is 0 Å². The number of halogens is 4. The third kappa shape index (κ3) is 4.43. The van der Waals surface area contributed by atoms with Crippen LogP contribution in [0.25, 0.3) is 11.1 Å². The highest BCUT2D eigenvalue weighted by Crippen LogP contribution is 2.46. The SMILES string of the molecule is O=C(CN1CCN(C2c3ccccc3-c3ccccc32)CC1)Nc1ccc(Cl)c(C(F)(F)F)c1. The van der Waals surface area contributed by atoms with Gasteiger partial charge in [0.2, 0.25) is 5.91 Å². The molecule has 0 bridgehead atoms. The number of nitrogens with zero attached hydrogens (tertiary/aromatic N) is 2. The quantitative estimate of drug-likeness (QED) is 0.516. The summed E-state index contributed by atoms with van der Waals surface area (Å²) in [6.07, 6.45) is -4.58. The van der Waals surface area contributed by atoms with Crippen molar-refractivity contribution >= 4 is 23.2 Å². The van der Waals surface area contributed by atoms with Crippen LogP contribution in [0.4, 0.5) is 18.9 Å². The fourth-order valence-corrected chi connectivity index (χ4v) is 5.15. The summed E-state index contributed by atoms with van der Waals surface area (Å²) in [5.74, 6) is -0.347. The van der Waals surface area contributed by atoms with Gasteiger partial charge in [0.05, 0.1) is 23.2 Å². The van der Waals surface area contributed by atoms with Gasteiger partial charge < -0.3 is 5.32 Å². The predicted octanol–water partition coefficient (Wildman–Crippen LogP) is 5.68. The average molecular weight is 486 g/mol. The molecular formula is C26H23ClF3N3O. The third-order valence-electron chi connectivity index (χ3n) is 6.50. The molecule has 1 fully saturated rings. The lowest BCUT2D eigenvalue weighted by molar-refractivity contribution is -0.137. The number of piperazine rings is 1. The van der Waals surface area contributed by atoms with Gasteiger partial charge in [0.1, 0.15) is 0 Å². The lowest BCUT2D eigenvalue weighted by Crippen LogP contribution is -2.49. The standard InChI is InChI=1S/C26H23ClF3N3O/c27-23-10-9-17(15-22(23)26(28,29)30)31-24(34)16-32-11-13-33(14-12-32)25-20-7-3-1-5-18(20)19-6-2-4-8-21(19)25/h1-10,15,25H,11-14,16H2,(H,31,34). The number of carbonyl (C=O) groups excluding carboxylic acids is 1. The van der Waals surface area contributed by atoms with E-state index in [1.807, 2.05) is 4.90 Å². The van der Waals surface area contributed by atoms with Gasteiger partial charge in [-0.3, -0.25) is 14.6 Å². The minimum absolute atomic E-state index is 0.0829. The number of fused-ring (bicyclic) bond motifs is 3. The number of hydrogen-bond donors (Lipinski definition) is 1. The summed E-state index contributed by atoms with van der Waals surface area (Å²) in [7, 11) is 0. The van der Waals surface area contributed by atoms with Gasteiger partial charge in [0.25, 0.3) is 0 Å². The monoisotopic (exact) mass is 485 g/mol. The molecule has 1 aliphatic heterocycles. The highest BCUT2D eigenvalue weighted by Gasteiger charge is 2.35. The van der Waals surface area contributed by atoms with E-state index in [4.69, 9.17) is 11.6 Å². The Morgan fingerprint density at radius 1 is 0.912 bits per heavy atom. The fraction of sp³-hybridized carbons (Fsp3) is 0.269. The number of nitrogens with one attached hydrogen (secondary N) is 1. The molecule has 1 aliphatic carbocycles. The molecule has 3 aromatic carbocycles. The van der Waals surface area contributed by atoms with Gasteiger partial charge in [-0.05, 0) is 40.5 Å². The van der Waals surface area contributed by atoms with Crippen LogP contribution < -0.4 is 5.32 Å². The molecule has 5 rings (SSSR count). The zero-order chi connectivity index (χ0) is 23.9. The second-order valence-corrected chi connectivity index (χ2v) is 9.04. The molecule has 0 unspecified atom stereocenters. The van der Waals surface area contributed by atoms with Crippen LogP contribution in [0.1, 0.15) is 22.7 Å². The van der Waals surface area contributed by atoms with Gasteiger partial charge in [-0.25, -0.2) is 0 Å². The van der Waals surface area contributed by atoms with E-state index in [0.717, 1.165) is 25.2 Å². The Morgan fingerprint density at radius 2 is 1.50 bits per heavy atom. The normalized spacial score (nSPS) is 16.8. The number of hydrogen-bond acceptors (Lipinski definition) is 3. The number of benzene rings is 3. The van der Waals surface area contributed by atoms with E-state index in [1.54, 1.807) is 0 Å². The Morgan fingerprint density at radius 3 is 2.09 bits per heavy atom. The van der Waals surface area contributed by atoms with E-state index < -0.39 is 16.8 Å². The van der Waals surface area contributed by atoms with E-state index in [0.29, 0.717) is 13.1 Å². The first-order valence-electron chi connectivity index (χ1n) is 11.1. The van der Waals surface area contributed by atoms with Crippen molar-refractivity contribution in [3.05, 3.63) is 88.4 Å². The van der Waals surface area contributed by atoms with Crippen LogP contribution in [0, 0.1) is 0 Å². The van der Waals surface area contributed by atoms with E-state index in [2.05, 4.69) is 58.7 Å². The van der Waals surface area contributed by atoms with Gasteiger partial charge in [0, 0.05) is 31.9 Å². The summed E-state index contributed by atoms with van der Waals surface area (Å²) in [4.78, 5) is 17.0. The van der Waals surface area contributed by atoms with E-state index in [-0.39, 0.29) is 24.2 Å². The Bertz CT molecular complexity index is 1180. The average Bonchev–Trinajstić information content (AvgIpc) is 3.15. The summed E-state index contributed by atoms with van der Waals surface area (Å²) in [5.41, 5.74) is 4.27. The van der Waals surface area contributed by atoms with Gasteiger partial charge in [-0.15, -0.1) is 0 Å². The second-order valence-electron chi connectivity index (χ2n) is 8.63. The maximum absolute atomic E-state index is 13.1. The molecule has 1 saturated heterocycles. The first-order chi connectivity index (χ1) is 16.3. The number of carbonyl (C=O) groups is 1. The van der Waals surface area contributed by atoms with Crippen molar-refractivity contribution in [2.24, 2.45) is 0 Å². The van der Waals surface area contributed by atoms with Crippen molar-refractivity contribution in [3.8, 4) is 11.1 Å². The minimum Gasteiger partial charge on any atom is -0.325 e. The molecule has 0 saturated carbocycles. The van der Waals surface area contributed by atoms with Gasteiger partial charge in [-0.2, -0.15) is 13.2 Å². The number of rotatable bonds is 4. The summed E-state index contributed by atoms with van der Waals surface area (Å²) in [5, 5.41) is 2.18. The maximum Gasteiger partial charge on any atom is 0.417 e. The molecule has 4 nitrogen and oxygen atoms in total. The Labute approximate surface area is 200 Å². The molecule has 2 aliphatic rings. The van der Waals surface area contributed by atoms with Crippen LogP contribution in [0.15, 0.2) is 66.7 Å². The lowest BCUT2D eigenvalue weighted by atomic mass is 10.0. The largest absolute Gasteiger partial charge is 0.417 e. The Balaban J connectivity index is 1.22. The first kappa shape index (κ1) is 22.9. The van der Waals surface area contributed by atoms with Crippen molar-refractivity contribution < 1.29 is 18.0 Å². The zero-order valence-electron chi connectivity index (χ0n) is 18.3. The molecule has 3 aromatic rings. The van der Waals surface area contributed by atoms with Crippen molar-refractivity contribution in [2.75, 3.05) is 38.0 Å². The van der Waals surface area contributed by atoms with Crippen LogP contribution in [-0.4, -0.2) is 48.4 Å². The molecule has 0 atom stereocenters. The molecule has 8 heteroatoms. The molecule has 34 heavy (non-hydrogen) atoms. The minimum atomic E-state index is -4.58. The molecule has 1 N–H and O–H groups in total.